The van der Waals surface area contributed by atoms with Crippen molar-refractivity contribution in [3.63, 3.8) is 0 Å². The van der Waals surface area contributed by atoms with Crippen LogP contribution in [0.3, 0.4) is 0 Å². The molecule has 2 aromatic carbocycles. The van der Waals surface area contributed by atoms with Gasteiger partial charge < -0.3 is 20.7 Å². The van der Waals surface area contributed by atoms with Crippen LogP contribution in [-0.4, -0.2) is 42.4 Å². The molecule has 8 heteroatoms. The number of hydrogen-bond donors (Lipinski definition) is 3. The predicted molar refractivity (Wildman–Crippen MR) is 129 cm³/mol. The minimum absolute atomic E-state index is 0.00480. The quantitative estimate of drug-likeness (QED) is 0.590. The normalized spacial score (nSPS) is 13.9. The summed E-state index contributed by atoms with van der Waals surface area (Å²) in [6.07, 6.45) is 2.44. The molecule has 3 rings (SSSR count). The van der Waals surface area contributed by atoms with E-state index in [0.29, 0.717) is 29.1 Å². The van der Waals surface area contributed by atoms with Crippen LogP contribution in [0, 0.1) is 0 Å². The number of carbonyl (C=O) groups is 3. The minimum atomic E-state index is -0.695. The molecule has 170 valence electrons. The average Bonchev–Trinajstić information content (AvgIpc) is 2.75. The van der Waals surface area contributed by atoms with Crippen molar-refractivity contribution in [3.8, 4) is 5.75 Å². The van der Waals surface area contributed by atoms with Gasteiger partial charge in [0, 0.05) is 11.3 Å². The van der Waals surface area contributed by atoms with Gasteiger partial charge in [-0.25, -0.2) is 0 Å². The fraction of sp³-hybridized carbons (Fsp3) is 0.375. The van der Waals surface area contributed by atoms with Gasteiger partial charge in [-0.05, 0) is 59.7 Å². The topological polar surface area (TPSA) is 96.5 Å². The summed E-state index contributed by atoms with van der Waals surface area (Å²) in [5.74, 6) is 0.409. The second-order valence-corrected chi connectivity index (χ2v) is 9.66. The molecule has 0 saturated heterocycles. The Bertz CT molecular complexity index is 999. The molecule has 0 aliphatic carbocycles. The Kier molecular flexibility index (Phi) is 7.45. The Hall–Kier alpha value is -3.00. The highest BCUT2D eigenvalue weighted by atomic mass is 32.2. The van der Waals surface area contributed by atoms with Gasteiger partial charge in [-0.2, -0.15) is 11.8 Å². The molecule has 32 heavy (non-hydrogen) atoms. The maximum absolute atomic E-state index is 12.9. The Balaban J connectivity index is 1.70. The first-order valence-corrected chi connectivity index (χ1v) is 11.8. The summed E-state index contributed by atoms with van der Waals surface area (Å²) in [7, 11) is 0. The Morgan fingerprint density at radius 3 is 2.53 bits per heavy atom. The van der Waals surface area contributed by atoms with Crippen LogP contribution in [0.5, 0.6) is 5.75 Å². The van der Waals surface area contributed by atoms with Crippen LogP contribution in [0.4, 0.5) is 11.4 Å². The second-order valence-electron chi connectivity index (χ2n) is 8.67. The zero-order valence-electron chi connectivity index (χ0n) is 18.8. The van der Waals surface area contributed by atoms with E-state index in [4.69, 9.17) is 4.74 Å². The molecule has 1 aliphatic rings. The summed E-state index contributed by atoms with van der Waals surface area (Å²) >= 11 is 1.60. The van der Waals surface area contributed by atoms with E-state index < -0.39 is 6.04 Å². The lowest BCUT2D eigenvalue weighted by molar-refractivity contribution is -0.119. The van der Waals surface area contributed by atoms with Crippen LogP contribution in [0.15, 0.2) is 42.5 Å². The summed E-state index contributed by atoms with van der Waals surface area (Å²) in [4.78, 5) is 37.3. The molecule has 1 heterocycles. The first-order valence-electron chi connectivity index (χ1n) is 10.5. The van der Waals surface area contributed by atoms with E-state index >= 15 is 0 Å². The first kappa shape index (κ1) is 23.7. The zero-order chi connectivity index (χ0) is 23.3. The van der Waals surface area contributed by atoms with Gasteiger partial charge in [0.1, 0.15) is 11.8 Å². The molecule has 0 aromatic heterocycles. The third-order valence-corrected chi connectivity index (χ3v) is 5.77. The van der Waals surface area contributed by atoms with Crippen LogP contribution in [0.2, 0.25) is 0 Å². The molecule has 0 saturated carbocycles. The average molecular weight is 456 g/mol. The highest BCUT2D eigenvalue weighted by Gasteiger charge is 2.23. The van der Waals surface area contributed by atoms with Crippen molar-refractivity contribution in [1.82, 2.24) is 5.32 Å². The van der Waals surface area contributed by atoms with Crippen LogP contribution in [0.1, 0.15) is 43.1 Å². The summed E-state index contributed by atoms with van der Waals surface area (Å²) in [5.41, 5.74) is 2.65. The van der Waals surface area contributed by atoms with E-state index in [-0.39, 0.29) is 29.7 Å². The summed E-state index contributed by atoms with van der Waals surface area (Å²) in [6.45, 7) is 6.31. The van der Waals surface area contributed by atoms with E-state index in [1.54, 1.807) is 42.1 Å². The summed E-state index contributed by atoms with van der Waals surface area (Å²) in [6, 6.07) is 11.8. The van der Waals surface area contributed by atoms with E-state index in [1.165, 1.54) is 0 Å². The molecule has 2 aromatic rings. The summed E-state index contributed by atoms with van der Waals surface area (Å²) in [5, 5.41) is 8.41. The number of benzene rings is 2. The fourth-order valence-electron chi connectivity index (χ4n) is 3.26. The van der Waals surface area contributed by atoms with Crippen LogP contribution in [-0.2, 0) is 15.0 Å². The molecule has 0 spiro atoms. The third-order valence-electron chi connectivity index (χ3n) is 5.13. The molecule has 1 atom stereocenters. The molecular formula is C24H29N3O4S. The number of rotatable bonds is 7. The Morgan fingerprint density at radius 1 is 1.16 bits per heavy atom. The number of amides is 3. The number of thioether (sulfide) groups is 1. The number of hydrogen-bond acceptors (Lipinski definition) is 5. The fourth-order valence-corrected chi connectivity index (χ4v) is 3.73. The lowest BCUT2D eigenvalue weighted by Crippen LogP contribution is -2.44. The first-order chi connectivity index (χ1) is 15.2. The number of carbonyl (C=O) groups excluding carboxylic acids is 3. The van der Waals surface area contributed by atoms with Gasteiger partial charge >= 0.3 is 0 Å². The largest absolute Gasteiger partial charge is 0.482 e. The van der Waals surface area contributed by atoms with Crippen LogP contribution in [0.25, 0.3) is 0 Å². The van der Waals surface area contributed by atoms with Crippen LogP contribution < -0.4 is 20.7 Å². The molecule has 0 bridgehead atoms. The Labute approximate surface area is 192 Å². The van der Waals surface area contributed by atoms with Crippen molar-refractivity contribution in [2.24, 2.45) is 0 Å². The highest BCUT2D eigenvalue weighted by molar-refractivity contribution is 7.98. The maximum Gasteiger partial charge on any atom is 0.262 e. The standard InChI is InChI=1S/C24H29N3O4S/c1-24(2,3)16-7-5-15(6-8-16)22(29)27-18(11-12-32-4)23(30)25-17-9-10-20-19(13-17)26-21(28)14-31-20/h5-10,13,18H,11-12,14H2,1-4H3,(H,25,30)(H,26,28)(H,27,29)/t18-/m0/s1. The minimum Gasteiger partial charge on any atom is -0.482 e. The number of fused-ring (bicyclic) bond motifs is 1. The molecule has 3 N–H and O–H groups in total. The molecule has 3 amide bonds. The second kappa shape index (κ2) is 10.1. The van der Waals surface area contributed by atoms with Crippen molar-refractivity contribution < 1.29 is 19.1 Å². The maximum atomic E-state index is 12.9. The summed E-state index contributed by atoms with van der Waals surface area (Å²) < 4.78 is 5.34. The van der Waals surface area contributed by atoms with Crippen molar-refractivity contribution in [1.29, 1.82) is 0 Å². The molecule has 0 unspecified atom stereocenters. The molecule has 1 aliphatic heterocycles. The lowest BCUT2D eigenvalue weighted by atomic mass is 9.86. The number of nitrogens with one attached hydrogen (secondary N) is 3. The van der Waals surface area contributed by atoms with E-state index in [2.05, 4.69) is 36.7 Å². The molecule has 0 fully saturated rings. The van der Waals surface area contributed by atoms with Gasteiger partial charge in [-0.1, -0.05) is 32.9 Å². The molecule has 0 radical (unpaired) electrons. The van der Waals surface area contributed by atoms with Gasteiger partial charge in [0.15, 0.2) is 6.61 Å². The van der Waals surface area contributed by atoms with Gasteiger partial charge in [0.2, 0.25) is 5.91 Å². The highest BCUT2D eigenvalue weighted by Crippen LogP contribution is 2.30. The monoisotopic (exact) mass is 455 g/mol. The number of ether oxygens (including phenoxy) is 1. The van der Waals surface area contributed by atoms with Crippen molar-refractivity contribution >= 4 is 40.9 Å². The van der Waals surface area contributed by atoms with Gasteiger partial charge in [-0.3, -0.25) is 14.4 Å². The van der Waals surface area contributed by atoms with Gasteiger partial charge in [0.05, 0.1) is 5.69 Å². The number of anilines is 2. The van der Waals surface area contributed by atoms with Crippen molar-refractivity contribution in [3.05, 3.63) is 53.6 Å². The van der Waals surface area contributed by atoms with E-state index in [1.807, 2.05) is 18.4 Å². The smallest absolute Gasteiger partial charge is 0.262 e. The van der Waals surface area contributed by atoms with Gasteiger partial charge in [0.25, 0.3) is 11.8 Å². The lowest BCUT2D eigenvalue weighted by Gasteiger charge is -2.21. The van der Waals surface area contributed by atoms with E-state index in [0.717, 1.165) is 11.3 Å². The van der Waals surface area contributed by atoms with Crippen molar-refractivity contribution in [2.45, 2.75) is 38.6 Å². The third kappa shape index (κ3) is 6.03. The van der Waals surface area contributed by atoms with Crippen LogP contribution >= 0.6 is 11.8 Å². The SMILES string of the molecule is CSCC[C@H](NC(=O)c1ccc(C(C)(C)C)cc1)C(=O)Nc1ccc2c(c1)NC(=O)CO2. The predicted octanol–water partition coefficient (Wildman–Crippen LogP) is 3.81. The van der Waals surface area contributed by atoms with Crippen molar-refractivity contribution in [2.75, 3.05) is 29.2 Å². The van der Waals surface area contributed by atoms with Gasteiger partial charge in [-0.15, -0.1) is 0 Å². The zero-order valence-corrected chi connectivity index (χ0v) is 19.6. The molecular weight excluding hydrogens is 426 g/mol. The van der Waals surface area contributed by atoms with E-state index in [9.17, 15) is 14.4 Å². The molecule has 7 nitrogen and oxygen atoms in total. The Morgan fingerprint density at radius 2 is 1.88 bits per heavy atom.